The van der Waals surface area contributed by atoms with Crippen molar-refractivity contribution in [2.45, 2.75) is 0 Å². The average molecular weight is 630 g/mol. The molecule has 0 aliphatic heterocycles. The summed E-state index contributed by atoms with van der Waals surface area (Å²) in [6, 6.07) is 3.66. The van der Waals surface area contributed by atoms with Crippen molar-refractivity contribution < 1.29 is 65.9 Å². The van der Waals surface area contributed by atoms with E-state index in [0.717, 1.165) is 18.2 Å². The van der Waals surface area contributed by atoms with Crippen LogP contribution in [0.4, 0.5) is 65.9 Å². The molecule has 5 rings (SSSR count). The van der Waals surface area contributed by atoms with Crippen LogP contribution in [-0.4, -0.2) is 21.2 Å². The molecule has 0 radical (unpaired) electrons. The normalized spacial score (nSPS) is 12.1. The lowest BCUT2D eigenvalue weighted by molar-refractivity contribution is 0.379. The first-order chi connectivity index (χ1) is 20.1. The zero-order valence-corrected chi connectivity index (χ0v) is 19.9. The van der Waals surface area contributed by atoms with Gasteiger partial charge in [-0.3, -0.25) is 0 Å². The Morgan fingerprint density at radius 3 is 1.00 bits per heavy atom. The van der Waals surface area contributed by atoms with Crippen LogP contribution in [0.2, 0.25) is 0 Å². The number of aromatic nitrogens is 3. The summed E-state index contributed by atoms with van der Waals surface area (Å²) in [7, 11) is 0. The van der Waals surface area contributed by atoms with Crippen molar-refractivity contribution in [3.63, 3.8) is 0 Å². The Morgan fingerprint density at radius 1 is 0.395 bits per heavy atom. The maximum Gasteiger partial charge on any atom is 0.215 e. The van der Waals surface area contributed by atoms with Crippen molar-refractivity contribution in [1.82, 2.24) is 14.9 Å². The molecule has 0 saturated carbocycles. The fourth-order valence-electron chi connectivity index (χ4n) is 4.94. The molecule has 0 fully saturated rings. The molecule has 224 valence electrons. The zero-order chi connectivity index (χ0) is 31.9. The molecule has 5 aromatic rings. The number of benzene rings is 4. The van der Waals surface area contributed by atoms with Crippen LogP contribution in [0.25, 0.3) is 11.0 Å². The summed E-state index contributed by atoms with van der Waals surface area (Å²) < 4.78 is 223. The Balaban J connectivity index is 2.29. The molecule has 1 aromatic heterocycles. The van der Waals surface area contributed by atoms with Gasteiger partial charge < -0.3 is 4.59 Å². The van der Waals surface area contributed by atoms with Crippen molar-refractivity contribution in [3.8, 4) is 0 Å². The van der Waals surface area contributed by atoms with Crippen molar-refractivity contribution in [2.24, 2.45) is 0 Å². The molecule has 19 heteroatoms. The minimum Gasteiger partial charge on any atom is -0.405 e. The van der Waals surface area contributed by atoms with Crippen molar-refractivity contribution in [2.75, 3.05) is 0 Å². The van der Waals surface area contributed by atoms with Gasteiger partial charge in [0, 0.05) is 5.52 Å². The lowest BCUT2D eigenvalue weighted by atomic mass is 9.23. The summed E-state index contributed by atoms with van der Waals surface area (Å²) in [4.78, 5) is 0. The lowest BCUT2D eigenvalue weighted by Crippen LogP contribution is -2.78. The summed E-state index contributed by atoms with van der Waals surface area (Å²) in [5.41, 5.74) is -9.96. The number of para-hydroxylation sites is 1. The summed E-state index contributed by atoms with van der Waals surface area (Å²) in [6.07, 6.45) is -6.05. The molecule has 1 heterocycles. The highest BCUT2D eigenvalue weighted by molar-refractivity contribution is 7.10. The number of fused-ring (bicyclic) bond motifs is 1. The van der Waals surface area contributed by atoms with Gasteiger partial charge in [-0.25, -0.2) is 65.9 Å². The molecule has 4 aromatic carbocycles. The van der Waals surface area contributed by atoms with E-state index in [1.807, 2.05) is 0 Å². The highest BCUT2D eigenvalue weighted by Crippen LogP contribution is 2.30. The van der Waals surface area contributed by atoms with Crippen LogP contribution in [0.15, 0.2) is 24.3 Å². The van der Waals surface area contributed by atoms with E-state index in [0.29, 0.717) is 6.07 Å². The number of halogens is 15. The van der Waals surface area contributed by atoms with Gasteiger partial charge in [-0.05, 0) is 12.1 Å². The van der Waals surface area contributed by atoms with Crippen LogP contribution in [0.1, 0.15) is 0 Å². The molecule has 0 amide bonds. The van der Waals surface area contributed by atoms with Gasteiger partial charge in [-0.2, -0.15) is 0 Å². The minimum absolute atomic E-state index is 0.454. The molecule has 3 nitrogen and oxygen atoms in total. The van der Waals surface area contributed by atoms with Gasteiger partial charge >= 0.3 is 0 Å². The molecule has 0 aliphatic carbocycles. The van der Waals surface area contributed by atoms with Crippen molar-refractivity contribution >= 4 is 33.7 Å². The third kappa shape index (κ3) is 3.75. The van der Waals surface area contributed by atoms with E-state index in [1.165, 1.54) is 0 Å². The zero-order valence-electron chi connectivity index (χ0n) is 19.9. The summed E-state index contributed by atoms with van der Waals surface area (Å²) in [6.45, 7) is 0. The molecule has 0 unspecified atom stereocenters. The van der Waals surface area contributed by atoms with Crippen LogP contribution in [0.5, 0.6) is 0 Å². The van der Waals surface area contributed by atoms with E-state index < -0.39 is 126 Å². The molecule has 0 spiro atoms. The van der Waals surface area contributed by atoms with Crippen LogP contribution >= 0.6 is 0 Å². The summed E-state index contributed by atoms with van der Waals surface area (Å²) >= 11 is 0. The predicted octanol–water partition coefficient (Wildman–Crippen LogP) is 5.03. The van der Waals surface area contributed by atoms with Crippen LogP contribution in [-0.2, 0) is 0 Å². The molecule has 0 N–H and O–H groups in total. The highest BCUT2D eigenvalue weighted by Gasteiger charge is 2.51. The third-order valence-electron chi connectivity index (χ3n) is 6.73. The standard InChI is InChI=1S/C24H4BF15N3/c26-10-7(11(27)17(33)22(38)16(10)32)25(43-6-4-2-1-3-5(6)41-42-43,8-12(28)18(34)23(39)19(35)13(8)29)9-14(30)20(36)24(40)21(37)15(9)31/h1-4H/q-1. The van der Waals surface area contributed by atoms with E-state index in [1.54, 1.807) is 0 Å². The SMILES string of the molecule is Fc1c(F)c(F)c([B-](c2c(F)c(F)c(F)c(F)c2F)(c2c(F)c(F)c(F)c(F)c2F)n2nnc3ccccc32)c(F)c1F. The largest absolute Gasteiger partial charge is 0.405 e. The second-order valence-electron chi connectivity index (χ2n) is 8.79. The minimum atomic E-state index is -6.05. The predicted molar refractivity (Wildman–Crippen MR) is 116 cm³/mol. The smallest absolute Gasteiger partial charge is 0.215 e. The second-order valence-corrected chi connectivity index (χ2v) is 8.79. The monoisotopic (exact) mass is 630 g/mol. The first-order valence-electron chi connectivity index (χ1n) is 11.1. The van der Waals surface area contributed by atoms with Crippen LogP contribution in [0.3, 0.4) is 0 Å². The molecule has 0 bridgehead atoms. The van der Waals surface area contributed by atoms with E-state index >= 15 is 26.3 Å². The summed E-state index contributed by atoms with van der Waals surface area (Å²) in [5.74, 6) is -46.5. The Morgan fingerprint density at radius 2 is 0.674 bits per heavy atom. The number of hydrogen-bond acceptors (Lipinski definition) is 2. The van der Waals surface area contributed by atoms with E-state index in [9.17, 15) is 39.5 Å². The van der Waals surface area contributed by atoms with Crippen LogP contribution in [0, 0.1) is 87.3 Å². The van der Waals surface area contributed by atoms with E-state index in [-0.39, 0.29) is 0 Å². The van der Waals surface area contributed by atoms with Gasteiger partial charge in [0.1, 0.15) is 40.4 Å². The van der Waals surface area contributed by atoms with Crippen LogP contribution < -0.4 is 16.4 Å². The van der Waals surface area contributed by atoms with E-state index in [2.05, 4.69) is 10.3 Å². The average Bonchev–Trinajstić information content (AvgIpc) is 3.43. The molecular weight excluding hydrogens is 626 g/mol. The van der Waals surface area contributed by atoms with Crippen molar-refractivity contribution in [1.29, 1.82) is 0 Å². The van der Waals surface area contributed by atoms with E-state index in [4.69, 9.17) is 0 Å². The fourth-order valence-corrected chi connectivity index (χ4v) is 4.94. The number of rotatable bonds is 4. The van der Waals surface area contributed by atoms with Gasteiger partial charge in [0.05, 0.1) is 0 Å². The number of hydrogen-bond donors (Lipinski definition) is 0. The lowest BCUT2D eigenvalue weighted by Gasteiger charge is -2.44. The summed E-state index contributed by atoms with van der Waals surface area (Å²) in [5, 5.41) is 6.50. The molecule has 0 atom stereocenters. The topological polar surface area (TPSA) is 30.7 Å². The van der Waals surface area contributed by atoms with Gasteiger partial charge in [-0.1, -0.05) is 28.5 Å². The fraction of sp³-hybridized carbons (Fsp3) is 0. The van der Waals surface area contributed by atoms with Gasteiger partial charge in [0.25, 0.3) is 0 Å². The Hall–Kier alpha value is -4.71. The third-order valence-corrected chi connectivity index (χ3v) is 6.73. The molecule has 43 heavy (non-hydrogen) atoms. The molecule has 0 aliphatic rings. The maximum absolute atomic E-state index is 15.6. The van der Waals surface area contributed by atoms with Gasteiger partial charge in [0.15, 0.2) is 52.4 Å². The maximum atomic E-state index is 15.6. The quantitative estimate of drug-likeness (QED) is 0.121. The molecule has 0 saturated heterocycles. The first kappa shape index (κ1) is 29.8. The van der Waals surface area contributed by atoms with Gasteiger partial charge in [-0.15, -0.1) is 10.3 Å². The second kappa shape index (κ2) is 9.94. The van der Waals surface area contributed by atoms with Gasteiger partial charge in [0.2, 0.25) is 6.28 Å². The first-order valence-corrected chi connectivity index (χ1v) is 11.1. The number of nitrogens with zero attached hydrogens (tertiary/aromatic N) is 3. The molecular formula is C24H4BF15N3-. The Kier molecular flexibility index (Phi) is 6.88. The Bertz CT molecular complexity index is 1750. The van der Waals surface area contributed by atoms with Crippen molar-refractivity contribution in [3.05, 3.63) is 112 Å². The highest BCUT2D eigenvalue weighted by atomic mass is 19.2. The Labute approximate surface area is 226 Å².